The van der Waals surface area contributed by atoms with Crippen LogP contribution in [0.15, 0.2) is 10.7 Å². The quantitative estimate of drug-likeness (QED) is 0.863. The summed E-state index contributed by atoms with van der Waals surface area (Å²) in [4.78, 5) is 8.57. The summed E-state index contributed by atoms with van der Waals surface area (Å²) in [5, 5.41) is 3.43. The van der Waals surface area contributed by atoms with Crippen molar-refractivity contribution in [2.75, 3.05) is 11.9 Å². The Labute approximate surface area is 105 Å². The Balaban J connectivity index is 1.98. The summed E-state index contributed by atoms with van der Waals surface area (Å²) < 4.78 is 0.846. The van der Waals surface area contributed by atoms with Gasteiger partial charge in [0, 0.05) is 12.6 Å². The normalized spacial score (nSPS) is 18.7. The first kappa shape index (κ1) is 11.8. The van der Waals surface area contributed by atoms with Gasteiger partial charge >= 0.3 is 0 Å². The minimum atomic E-state index is 0.450. The van der Waals surface area contributed by atoms with Gasteiger partial charge in [-0.2, -0.15) is 0 Å². The molecule has 1 heterocycles. The first-order chi connectivity index (χ1) is 7.57. The highest BCUT2D eigenvalue weighted by Gasteiger charge is 2.28. The van der Waals surface area contributed by atoms with E-state index in [1.807, 2.05) is 13.0 Å². The van der Waals surface area contributed by atoms with E-state index in [-0.39, 0.29) is 0 Å². The maximum atomic E-state index is 4.37. The Kier molecular flexibility index (Phi) is 3.47. The maximum absolute atomic E-state index is 4.37. The SMILES string of the molecule is Cc1nc(Br)cc(NCC2(C)CCCC2)n1. The summed E-state index contributed by atoms with van der Waals surface area (Å²) in [6.45, 7) is 5.28. The molecule has 0 unspecified atom stereocenters. The van der Waals surface area contributed by atoms with Crippen LogP contribution in [0.4, 0.5) is 5.82 Å². The maximum Gasteiger partial charge on any atom is 0.130 e. The van der Waals surface area contributed by atoms with E-state index in [1.54, 1.807) is 0 Å². The molecule has 0 saturated heterocycles. The molecule has 1 fully saturated rings. The average molecular weight is 284 g/mol. The summed E-state index contributed by atoms with van der Waals surface area (Å²) in [6.07, 6.45) is 5.38. The summed E-state index contributed by atoms with van der Waals surface area (Å²) in [5.41, 5.74) is 0.450. The predicted octanol–water partition coefficient (Wildman–Crippen LogP) is 3.54. The van der Waals surface area contributed by atoms with Gasteiger partial charge in [0.1, 0.15) is 16.2 Å². The second kappa shape index (κ2) is 4.70. The third-order valence-corrected chi connectivity index (χ3v) is 3.72. The van der Waals surface area contributed by atoms with Crippen LogP contribution in [0.1, 0.15) is 38.4 Å². The van der Waals surface area contributed by atoms with Gasteiger partial charge in [-0.25, -0.2) is 9.97 Å². The van der Waals surface area contributed by atoms with E-state index in [1.165, 1.54) is 25.7 Å². The van der Waals surface area contributed by atoms with Crippen molar-refractivity contribution in [1.82, 2.24) is 9.97 Å². The molecule has 2 rings (SSSR count). The molecule has 0 radical (unpaired) electrons. The van der Waals surface area contributed by atoms with E-state index >= 15 is 0 Å². The monoisotopic (exact) mass is 283 g/mol. The Morgan fingerprint density at radius 1 is 1.38 bits per heavy atom. The molecule has 1 saturated carbocycles. The topological polar surface area (TPSA) is 37.8 Å². The van der Waals surface area contributed by atoms with Gasteiger partial charge in [-0.15, -0.1) is 0 Å². The number of rotatable bonds is 3. The lowest BCUT2D eigenvalue weighted by Gasteiger charge is -2.24. The largest absolute Gasteiger partial charge is 0.369 e. The molecule has 1 aliphatic rings. The van der Waals surface area contributed by atoms with Crippen molar-refractivity contribution in [2.24, 2.45) is 5.41 Å². The minimum absolute atomic E-state index is 0.450. The molecule has 1 aliphatic carbocycles. The van der Waals surface area contributed by atoms with E-state index in [0.717, 1.165) is 22.8 Å². The fourth-order valence-corrected chi connectivity index (χ4v) is 2.80. The smallest absolute Gasteiger partial charge is 0.130 e. The lowest BCUT2D eigenvalue weighted by Crippen LogP contribution is -2.23. The molecule has 0 bridgehead atoms. The van der Waals surface area contributed by atoms with Gasteiger partial charge in [0.15, 0.2) is 0 Å². The molecule has 1 N–H and O–H groups in total. The predicted molar refractivity (Wildman–Crippen MR) is 69.5 cm³/mol. The van der Waals surface area contributed by atoms with Gasteiger partial charge in [0.25, 0.3) is 0 Å². The van der Waals surface area contributed by atoms with Crippen LogP contribution in [-0.4, -0.2) is 16.5 Å². The lowest BCUT2D eigenvalue weighted by atomic mass is 9.89. The highest BCUT2D eigenvalue weighted by molar-refractivity contribution is 9.10. The van der Waals surface area contributed by atoms with Crippen LogP contribution in [-0.2, 0) is 0 Å². The van der Waals surface area contributed by atoms with Crippen LogP contribution in [0.3, 0.4) is 0 Å². The van der Waals surface area contributed by atoms with Gasteiger partial charge in [0.05, 0.1) is 0 Å². The molecular formula is C12H18BrN3. The van der Waals surface area contributed by atoms with Gasteiger partial charge in [-0.1, -0.05) is 19.8 Å². The molecule has 4 heteroatoms. The Morgan fingerprint density at radius 3 is 2.69 bits per heavy atom. The van der Waals surface area contributed by atoms with E-state index in [9.17, 15) is 0 Å². The van der Waals surface area contributed by atoms with Crippen LogP contribution in [0, 0.1) is 12.3 Å². The molecule has 1 aromatic heterocycles. The highest BCUT2D eigenvalue weighted by atomic mass is 79.9. The molecule has 0 amide bonds. The third kappa shape index (κ3) is 2.94. The molecule has 1 aromatic rings. The number of aromatic nitrogens is 2. The van der Waals surface area contributed by atoms with Crippen molar-refractivity contribution < 1.29 is 0 Å². The molecule has 0 atom stereocenters. The number of nitrogens with zero attached hydrogens (tertiary/aromatic N) is 2. The van der Waals surface area contributed by atoms with Crippen molar-refractivity contribution >= 4 is 21.7 Å². The fourth-order valence-electron chi connectivity index (χ4n) is 2.33. The van der Waals surface area contributed by atoms with Gasteiger partial charge in [0.2, 0.25) is 0 Å². The summed E-state index contributed by atoms with van der Waals surface area (Å²) >= 11 is 3.39. The molecule has 88 valence electrons. The molecule has 16 heavy (non-hydrogen) atoms. The number of hydrogen-bond acceptors (Lipinski definition) is 3. The van der Waals surface area contributed by atoms with E-state index in [2.05, 4.69) is 38.1 Å². The molecule has 3 nitrogen and oxygen atoms in total. The average Bonchev–Trinajstić information content (AvgIpc) is 2.62. The Hall–Kier alpha value is -0.640. The third-order valence-electron chi connectivity index (χ3n) is 3.31. The number of hydrogen-bond donors (Lipinski definition) is 1. The molecule has 0 aliphatic heterocycles. The van der Waals surface area contributed by atoms with Crippen LogP contribution in [0.5, 0.6) is 0 Å². The Morgan fingerprint density at radius 2 is 2.06 bits per heavy atom. The van der Waals surface area contributed by atoms with Gasteiger partial charge in [-0.3, -0.25) is 0 Å². The molecule has 0 spiro atoms. The summed E-state index contributed by atoms with van der Waals surface area (Å²) in [6, 6.07) is 1.94. The van der Waals surface area contributed by atoms with Crippen molar-refractivity contribution in [3.8, 4) is 0 Å². The first-order valence-corrected chi connectivity index (χ1v) is 6.62. The zero-order valence-electron chi connectivity index (χ0n) is 9.89. The van der Waals surface area contributed by atoms with Crippen LogP contribution in [0.2, 0.25) is 0 Å². The van der Waals surface area contributed by atoms with Crippen LogP contribution in [0.25, 0.3) is 0 Å². The van der Waals surface area contributed by atoms with Crippen molar-refractivity contribution in [3.63, 3.8) is 0 Å². The van der Waals surface area contributed by atoms with Crippen LogP contribution < -0.4 is 5.32 Å². The summed E-state index contributed by atoms with van der Waals surface area (Å²) in [5.74, 6) is 1.72. The molecular weight excluding hydrogens is 266 g/mol. The van der Waals surface area contributed by atoms with E-state index < -0.39 is 0 Å². The second-order valence-electron chi connectivity index (χ2n) is 4.99. The summed E-state index contributed by atoms with van der Waals surface area (Å²) in [7, 11) is 0. The highest BCUT2D eigenvalue weighted by Crippen LogP contribution is 2.37. The molecule has 0 aromatic carbocycles. The number of anilines is 1. The van der Waals surface area contributed by atoms with Crippen molar-refractivity contribution in [3.05, 3.63) is 16.5 Å². The Bertz CT molecular complexity index is 352. The lowest BCUT2D eigenvalue weighted by molar-refractivity contribution is 0.361. The van der Waals surface area contributed by atoms with Crippen molar-refractivity contribution in [2.45, 2.75) is 39.5 Å². The second-order valence-corrected chi connectivity index (χ2v) is 5.81. The zero-order valence-corrected chi connectivity index (χ0v) is 11.5. The number of aryl methyl sites for hydroxylation is 1. The minimum Gasteiger partial charge on any atom is -0.369 e. The van der Waals surface area contributed by atoms with Gasteiger partial charge in [-0.05, 0) is 41.1 Å². The zero-order chi connectivity index (χ0) is 11.6. The first-order valence-electron chi connectivity index (χ1n) is 5.82. The number of nitrogens with one attached hydrogen (secondary N) is 1. The fraction of sp³-hybridized carbons (Fsp3) is 0.667. The number of halogens is 1. The van der Waals surface area contributed by atoms with E-state index in [0.29, 0.717) is 5.41 Å². The van der Waals surface area contributed by atoms with Crippen molar-refractivity contribution in [1.29, 1.82) is 0 Å². The standard InChI is InChI=1S/C12H18BrN3/c1-9-15-10(13)7-11(16-9)14-8-12(2)5-3-4-6-12/h7H,3-6,8H2,1-2H3,(H,14,15,16). The van der Waals surface area contributed by atoms with Crippen LogP contribution >= 0.6 is 15.9 Å². The van der Waals surface area contributed by atoms with Gasteiger partial charge < -0.3 is 5.32 Å². The van der Waals surface area contributed by atoms with E-state index in [4.69, 9.17) is 0 Å².